The lowest BCUT2D eigenvalue weighted by Crippen LogP contribution is -2.05. The van der Waals surface area contributed by atoms with Crippen molar-refractivity contribution in [1.82, 2.24) is 0 Å². The Morgan fingerprint density at radius 2 is 2.00 bits per heavy atom. The Kier molecular flexibility index (Phi) is 6.77. The summed E-state index contributed by atoms with van der Waals surface area (Å²) in [4.78, 5) is 23.9. The molecule has 2 aromatic carbocycles. The van der Waals surface area contributed by atoms with E-state index in [9.17, 15) is 9.59 Å². The molecule has 6 heteroatoms. The van der Waals surface area contributed by atoms with Crippen LogP contribution in [0.15, 0.2) is 36.4 Å². The van der Waals surface area contributed by atoms with Crippen LogP contribution in [-0.2, 0) is 22.6 Å². The molecule has 1 heterocycles. The van der Waals surface area contributed by atoms with Crippen LogP contribution in [-0.4, -0.2) is 31.6 Å². The SMILES string of the molecule is CCOc1cc2c(cc1/C=C/C(=O)OCc1cc(C(C)=O)ccc1OC)O[C@H](C)C2. The van der Waals surface area contributed by atoms with Crippen molar-refractivity contribution in [2.24, 2.45) is 0 Å². The highest BCUT2D eigenvalue weighted by Crippen LogP contribution is 2.35. The monoisotopic (exact) mass is 410 g/mol. The van der Waals surface area contributed by atoms with Crippen LogP contribution in [0.1, 0.15) is 47.8 Å². The van der Waals surface area contributed by atoms with E-state index in [2.05, 4.69) is 0 Å². The Bertz CT molecular complexity index is 976. The van der Waals surface area contributed by atoms with Gasteiger partial charge in [-0.3, -0.25) is 4.79 Å². The molecule has 0 aromatic heterocycles. The predicted molar refractivity (Wildman–Crippen MR) is 113 cm³/mol. The van der Waals surface area contributed by atoms with Gasteiger partial charge in [0.05, 0.1) is 13.7 Å². The topological polar surface area (TPSA) is 71.1 Å². The summed E-state index contributed by atoms with van der Waals surface area (Å²) in [5.41, 5.74) is 3.01. The van der Waals surface area contributed by atoms with Gasteiger partial charge in [-0.2, -0.15) is 0 Å². The fourth-order valence-corrected chi connectivity index (χ4v) is 3.33. The van der Waals surface area contributed by atoms with Gasteiger partial charge in [0.15, 0.2) is 5.78 Å². The van der Waals surface area contributed by atoms with E-state index < -0.39 is 5.97 Å². The van der Waals surface area contributed by atoms with Gasteiger partial charge >= 0.3 is 5.97 Å². The maximum Gasteiger partial charge on any atom is 0.331 e. The number of carbonyl (C=O) groups is 2. The van der Waals surface area contributed by atoms with E-state index >= 15 is 0 Å². The molecular weight excluding hydrogens is 384 g/mol. The first-order valence-electron chi connectivity index (χ1n) is 9.90. The van der Waals surface area contributed by atoms with Gasteiger partial charge in [-0.25, -0.2) is 4.79 Å². The summed E-state index contributed by atoms with van der Waals surface area (Å²) >= 11 is 0. The summed E-state index contributed by atoms with van der Waals surface area (Å²) < 4.78 is 22.2. The summed E-state index contributed by atoms with van der Waals surface area (Å²) in [6.45, 7) is 5.93. The third-order valence-electron chi connectivity index (χ3n) is 4.78. The van der Waals surface area contributed by atoms with Gasteiger partial charge in [0, 0.05) is 34.8 Å². The summed E-state index contributed by atoms with van der Waals surface area (Å²) in [7, 11) is 1.53. The van der Waals surface area contributed by atoms with Crippen molar-refractivity contribution < 1.29 is 28.5 Å². The molecule has 2 aromatic rings. The number of rotatable bonds is 8. The van der Waals surface area contributed by atoms with Gasteiger partial charge in [0.2, 0.25) is 0 Å². The minimum absolute atomic E-state index is 0.00338. The molecule has 1 atom stereocenters. The van der Waals surface area contributed by atoms with Gasteiger partial charge in [0.25, 0.3) is 0 Å². The van der Waals surface area contributed by atoms with Crippen molar-refractivity contribution in [3.63, 3.8) is 0 Å². The molecule has 6 nitrogen and oxygen atoms in total. The number of hydrogen-bond acceptors (Lipinski definition) is 6. The molecule has 0 unspecified atom stereocenters. The van der Waals surface area contributed by atoms with E-state index in [0.29, 0.717) is 29.2 Å². The largest absolute Gasteiger partial charge is 0.496 e. The molecule has 158 valence electrons. The van der Waals surface area contributed by atoms with E-state index in [1.807, 2.05) is 26.0 Å². The van der Waals surface area contributed by atoms with Crippen molar-refractivity contribution in [2.75, 3.05) is 13.7 Å². The highest BCUT2D eigenvalue weighted by atomic mass is 16.5. The van der Waals surface area contributed by atoms with E-state index in [1.165, 1.54) is 20.1 Å². The maximum absolute atomic E-state index is 12.3. The normalized spacial score (nSPS) is 14.9. The number of ketones is 1. The van der Waals surface area contributed by atoms with Gasteiger partial charge in [-0.1, -0.05) is 0 Å². The lowest BCUT2D eigenvalue weighted by atomic mass is 10.1. The molecule has 3 rings (SSSR count). The molecular formula is C24H26O6. The van der Waals surface area contributed by atoms with Crippen LogP contribution < -0.4 is 14.2 Å². The van der Waals surface area contributed by atoms with Gasteiger partial charge in [-0.15, -0.1) is 0 Å². The van der Waals surface area contributed by atoms with Crippen molar-refractivity contribution in [3.05, 3.63) is 58.7 Å². The van der Waals surface area contributed by atoms with E-state index in [-0.39, 0.29) is 18.5 Å². The fourth-order valence-electron chi connectivity index (χ4n) is 3.33. The highest BCUT2D eigenvalue weighted by Gasteiger charge is 2.21. The molecule has 0 aliphatic carbocycles. The maximum atomic E-state index is 12.3. The molecule has 0 bridgehead atoms. The van der Waals surface area contributed by atoms with Gasteiger partial charge in [-0.05, 0) is 57.2 Å². The second kappa shape index (κ2) is 9.48. The molecule has 0 radical (unpaired) electrons. The number of Topliss-reactive ketones (excluding diaryl/α,β-unsaturated/α-hetero) is 1. The molecule has 0 saturated heterocycles. The zero-order valence-corrected chi connectivity index (χ0v) is 17.7. The average Bonchev–Trinajstić information content (AvgIpc) is 3.09. The minimum Gasteiger partial charge on any atom is -0.496 e. The number of hydrogen-bond donors (Lipinski definition) is 0. The van der Waals surface area contributed by atoms with Crippen LogP contribution in [0, 0.1) is 0 Å². The van der Waals surface area contributed by atoms with Crippen LogP contribution in [0.25, 0.3) is 6.08 Å². The van der Waals surface area contributed by atoms with E-state index in [0.717, 1.165) is 23.3 Å². The van der Waals surface area contributed by atoms with Crippen LogP contribution in [0.2, 0.25) is 0 Å². The lowest BCUT2D eigenvalue weighted by molar-refractivity contribution is -0.138. The first kappa shape index (κ1) is 21.4. The minimum atomic E-state index is -0.512. The molecule has 0 amide bonds. The van der Waals surface area contributed by atoms with Crippen molar-refractivity contribution in [2.45, 2.75) is 39.9 Å². The Morgan fingerprint density at radius 1 is 1.20 bits per heavy atom. The Hall–Kier alpha value is -3.28. The number of fused-ring (bicyclic) bond motifs is 1. The molecule has 0 saturated carbocycles. The summed E-state index contributed by atoms with van der Waals surface area (Å²) in [5.74, 6) is 1.49. The Morgan fingerprint density at radius 3 is 2.70 bits per heavy atom. The average molecular weight is 410 g/mol. The molecule has 0 fully saturated rings. The van der Waals surface area contributed by atoms with Crippen LogP contribution >= 0.6 is 0 Å². The summed E-state index contributed by atoms with van der Waals surface area (Å²) in [6.07, 6.45) is 3.97. The van der Waals surface area contributed by atoms with Crippen molar-refractivity contribution in [1.29, 1.82) is 0 Å². The van der Waals surface area contributed by atoms with Gasteiger partial charge in [0.1, 0.15) is 30.0 Å². The Labute approximate surface area is 176 Å². The van der Waals surface area contributed by atoms with Crippen LogP contribution in [0.3, 0.4) is 0 Å². The second-order valence-corrected chi connectivity index (χ2v) is 7.09. The number of carbonyl (C=O) groups excluding carboxylic acids is 2. The van der Waals surface area contributed by atoms with Crippen molar-refractivity contribution >= 4 is 17.8 Å². The fraction of sp³-hybridized carbons (Fsp3) is 0.333. The molecule has 1 aliphatic heterocycles. The molecule has 30 heavy (non-hydrogen) atoms. The molecule has 1 aliphatic rings. The molecule has 0 N–H and O–H groups in total. The smallest absolute Gasteiger partial charge is 0.331 e. The number of esters is 1. The first-order chi connectivity index (χ1) is 14.4. The third kappa shape index (κ3) is 5.00. The van der Waals surface area contributed by atoms with Crippen LogP contribution in [0.4, 0.5) is 0 Å². The van der Waals surface area contributed by atoms with Gasteiger partial charge < -0.3 is 18.9 Å². The molecule has 0 spiro atoms. The zero-order chi connectivity index (χ0) is 21.7. The number of ether oxygens (including phenoxy) is 4. The quantitative estimate of drug-likeness (QED) is 0.365. The first-order valence-corrected chi connectivity index (χ1v) is 9.90. The highest BCUT2D eigenvalue weighted by molar-refractivity contribution is 5.94. The Balaban J connectivity index is 1.72. The second-order valence-electron chi connectivity index (χ2n) is 7.09. The van der Waals surface area contributed by atoms with E-state index in [4.69, 9.17) is 18.9 Å². The standard InChI is InChI=1S/C24H26O6/c1-5-28-22-13-19-10-15(2)30-23(19)12-18(22)7-9-24(26)29-14-20-11-17(16(3)25)6-8-21(20)27-4/h6-9,11-13,15H,5,10,14H2,1-4H3/b9-7+/t15-/m1/s1. The lowest BCUT2D eigenvalue weighted by Gasteiger charge is -2.11. The van der Waals surface area contributed by atoms with Crippen molar-refractivity contribution in [3.8, 4) is 17.2 Å². The third-order valence-corrected chi connectivity index (χ3v) is 4.78. The van der Waals surface area contributed by atoms with Crippen LogP contribution in [0.5, 0.6) is 17.2 Å². The zero-order valence-electron chi connectivity index (χ0n) is 17.7. The number of benzene rings is 2. The predicted octanol–water partition coefficient (Wildman–Crippen LogP) is 4.38. The summed E-state index contributed by atoms with van der Waals surface area (Å²) in [5, 5.41) is 0. The van der Waals surface area contributed by atoms with E-state index in [1.54, 1.807) is 24.3 Å². The summed E-state index contributed by atoms with van der Waals surface area (Å²) in [6, 6.07) is 8.89. The number of methoxy groups -OCH3 is 1.